The number of aryl methyl sites for hydroxylation is 1. The number of carboxylic acid groups (broad SMARTS) is 1. The molecule has 5 heteroatoms. The highest BCUT2D eigenvalue weighted by molar-refractivity contribution is 6.33. The summed E-state index contributed by atoms with van der Waals surface area (Å²) in [4.78, 5) is 11.3. The number of nitrogens with zero attached hydrogens (tertiary/aromatic N) is 2. The molecule has 0 bridgehead atoms. The Morgan fingerprint density at radius 1 is 1.42 bits per heavy atom. The van der Waals surface area contributed by atoms with Crippen LogP contribution in [-0.4, -0.2) is 20.9 Å². The molecule has 100 valence electrons. The summed E-state index contributed by atoms with van der Waals surface area (Å²) in [5.74, 6) is -0.988. The van der Waals surface area contributed by atoms with E-state index in [4.69, 9.17) is 11.6 Å². The number of carbonyl (C=O) groups is 1. The van der Waals surface area contributed by atoms with Crippen molar-refractivity contribution in [2.75, 3.05) is 0 Å². The van der Waals surface area contributed by atoms with Crippen LogP contribution in [0.1, 0.15) is 30.1 Å². The minimum atomic E-state index is -0.988. The molecule has 2 rings (SSSR count). The molecular formula is C14H15ClN2O2. The molecule has 0 aliphatic heterocycles. The Labute approximate surface area is 116 Å². The lowest BCUT2D eigenvalue weighted by Gasteiger charge is -2.01. The van der Waals surface area contributed by atoms with E-state index in [1.807, 2.05) is 6.07 Å². The largest absolute Gasteiger partial charge is 0.478 e. The van der Waals surface area contributed by atoms with E-state index in [-0.39, 0.29) is 5.56 Å². The Kier molecular flexibility index (Phi) is 4.22. The molecule has 1 aromatic carbocycles. The van der Waals surface area contributed by atoms with Crippen LogP contribution in [0.5, 0.6) is 0 Å². The summed E-state index contributed by atoms with van der Waals surface area (Å²) in [6, 6.07) is 7.13. The second kappa shape index (κ2) is 5.89. The van der Waals surface area contributed by atoms with Crippen LogP contribution >= 0.6 is 11.6 Å². The van der Waals surface area contributed by atoms with Gasteiger partial charge >= 0.3 is 5.97 Å². The fourth-order valence-electron chi connectivity index (χ4n) is 1.86. The van der Waals surface area contributed by atoms with Gasteiger partial charge in [0.1, 0.15) is 11.3 Å². The summed E-state index contributed by atoms with van der Waals surface area (Å²) in [6.07, 6.45) is 3.56. The second-order valence-electron chi connectivity index (χ2n) is 4.29. The number of aromatic carboxylic acids is 1. The van der Waals surface area contributed by atoms with E-state index < -0.39 is 5.97 Å². The molecule has 19 heavy (non-hydrogen) atoms. The molecule has 0 unspecified atom stereocenters. The van der Waals surface area contributed by atoms with E-state index in [9.17, 15) is 9.90 Å². The van der Waals surface area contributed by atoms with Crippen molar-refractivity contribution in [1.82, 2.24) is 9.78 Å². The minimum Gasteiger partial charge on any atom is -0.478 e. The van der Waals surface area contributed by atoms with Gasteiger partial charge in [0.25, 0.3) is 0 Å². The van der Waals surface area contributed by atoms with Crippen LogP contribution in [0.4, 0.5) is 0 Å². The van der Waals surface area contributed by atoms with Crippen LogP contribution in [-0.2, 0) is 6.54 Å². The maximum atomic E-state index is 11.3. The molecule has 2 aromatic rings. The zero-order chi connectivity index (χ0) is 13.8. The summed E-state index contributed by atoms with van der Waals surface area (Å²) >= 11 is 6.11. The Hall–Kier alpha value is -1.81. The van der Waals surface area contributed by atoms with Gasteiger partial charge in [0.05, 0.1) is 5.02 Å². The third kappa shape index (κ3) is 2.96. The molecule has 1 aromatic heterocycles. The van der Waals surface area contributed by atoms with E-state index in [2.05, 4.69) is 12.0 Å². The fraction of sp³-hybridized carbons (Fsp3) is 0.286. The number of unbranched alkanes of at least 4 members (excludes halogenated alkanes) is 1. The number of halogens is 1. The number of aromatic nitrogens is 2. The third-order valence-corrected chi connectivity index (χ3v) is 3.19. The van der Waals surface area contributed by atoms with Gasteiger partial charge in [-0.25, -0.2) is 4.79 Å². The average Bonchev–Trinajstić information content (AvgIpc) is 2.81. The van der Waals surface area contributed by atoms with Gasteiger partial charge in [0, 0.05) is 18.3 Å². The summed E-state index contributed by atoms with van der Waals surface area (Å²) in [5, 5.41) is 14.1. The first-order valence-electron chi connectivity index (χ1n) is 6.19. The number of hydrogen-bond donors (Lipinski definition) is 1. The van der Waals surface area contributed by atoms with Crippen molar-refractivity contribution >= 4 is 17.6 Å². The van der Waals surface area contributed by atoms with E-state index in [1.54, 1.807) is 29.1 Å². The highest BCUT2D eigenvalue weighted by Crippen LogP contribution is 2.29. The van der Waals surface area contributed by atoms with Crippen LogP contribution in [0, 0.1) is 0 Å². The third-order valence-electron chi connectivity index (χ3n) is 2.86. The summed E-state index contributed by atoms with van der Waals surface area (Å²) in [5.41, 5.74) is 1.26. The molecule has 0 radical (unpaired) electrons. The van der Waals surface area contributed by atoms with Crippen molar-refractivity contribution in [2.24, 2.45) is 0 Å². The monoisotopic (exact) mass is 278 g/mol. The lowest BCUT2D eigenvalue weighted by molar-refractivity contribution is 0.0697. The highest BCUT2D eigenvalue weighted by atomic mass is 35.5. The Morgan fingerprint density at radius 3 is 2.79 bits per heavy atom. The number of rotatable bonds is 5. The molecule has 1 N–H and O–H groups in total. The van der Waals surface area contributed by atoms with E-state index >= 15 is 0 Å². The van der Waals surface area contributed by atoms with Gasteiger partial charge in [0.2, 0.25) is 0 Å². The first-order valence-corrected chi connectivity index (χ1v) is 6.57. The van der Waals surface area contributed by atoms with E-state index in [0.717, 1.165) is 12.8 Å². The number of benzene rings is 1. The normalized spacial score (nSPS) is 10.6. The van der Waals surface area contributed by atoms with E-state index in [0.29, 0.717) is 22.8 Å². The fourth-order valence-corrected chi connectivity index (χ4v) is 2.09. The van der Waals surface area contributed by atoms with Gasteiger partial charge in [-0.15, -0.1) is 0 Å². The second-order valence-corrected chi connectivity index (χ2v) is 4.70. The maximum Gasteiger partial charge on any atom is 0.339 e. The van der Waals surface area contributed by atoms with Crippen LogP contribution < -0.4 is 0 Å². The molecule has 0 saturated heterocycles. The molecule has 1 heterocycles. The summed E-state index contributed by atoms with van der Waals surface area (Å²) < 4.78 is 1.67. The van der Waals surface area contributed by atoms with Gasteiger partial charge in [-0.3, -0.25) is 4.68 Å². The standard InChI is InChI=1S/C14H15ClN2O2/c1-2-3-8-17-9-11(14(18)19)13(16-17)10-6-4-5-7-12(10)15/h4-7,9H,2-3,8H2,1H3,(H,18,19). The Morgan fingerprint density at radius 2 is 2.16 bits per heavy atom. The number of carboxylic acids is 1. The predicted octanol–water partition coefficient (Wildman–Crippen LogP) is 3.70. The van der Waals surface area contributed by atoms with Gasteiger partial charge in [-0.05, 0) is 12.5 Å². The first-order chi connectivity index (χ1) is 9.13. The Balaban J connectivity index is 2.46. The summed E-state index contributed by atoms with van der Waals surface area (Å²) in [6.45, 7) is 2.79. The van der Waals surface area contributed by atoms with Crippen molar-refractivity contribution in [3.63, 3.8) is 0 Å². The van der Waals surface area contributed by atoms with Crippen molar-refractivity contribution < 1.29 is 9.90 Å². The topological polar surface area (TPSA) is 55.1 Å². The van der Waals surface area contributed by atoms with Gasteiger partial charge in [-0.2, -0.15) is 5.10 Å². The van der Waals surface area contributed by atoms with Crippen LogP contribution in [0.2, 0.25) is 5.02 Å². The van der Waals surface area contributed by atoms with Crippen molar-refractivity contribution in [2.45, 2.75) is 26.3 Å². The molecule has 0 amide bonds. The molecule has 0 atom stereocenters. The van der Waals surface area contributed by atoms with Crippen molar-refractivity contribution in [1.29, 1.82) is 0 Å². The highest BCUT2D eigenvalue weighted by Gasteiger charge is 2.18. The predicted molar refractivity (Wildman–Crippen MR) is 74.5 cm³/mol. The molecular weight excluding hydrogens is 264 g/mol. The van der Waals surface area contributed by atoms with Crippen molar-refractivity contribution in [3.8, 4) is 11.3 Å². The molecule has 0 aliphatic rings. The Bertz CT molecular complexity index is 593. The van der Waals surface area contributed by atoms with Gasteiger partial charge in [-0.1, -0.05) is 43.1 Å². The van der Waals surface area contributed by atoms with Crippen LogP contribution in [0.3, 0.4) is 0 Å². The quantitative estimate of drug-likeness (QED) is 0.907. The maximum absolute atomic E-state index is 11.3. The SMILES string of the molecule is CCCCn1cc(C(=O)O)c(-c2ccccc2Cl)n1. The first kappa shape index (κ1) is 13.6. The molecule has 0 spiro atoms. The van der Waals surface area contributed by atoms with Crippen LogP contribution in [0.15, 0.2) is 30.5 Å². The molecule has 0 saturated carbocycles. The molecule has 4 nitrogen and oxygen atoms in total. The zero-order valence-electron chi connectivity index (χ0n) is 10.6. The molecule has 0 aliphatic carbocycles. The summed E-state index contributed by atoms with van der Waals surface area (Å²) in [7, 11) is 0. The zero-order valence-corrected chi connectivity index (χ0v) is 11.4. The lowest BCUT2D eigenvalue weighted by Crippen LogP contribution is -1.98. The molecule has 0 fully saturated rings. The van der Waals surface area contributed by atoms with E-state index in [1.165, 1.54) is 0 Å². The minimum absolute atomic E-state index is 0.184. The van der Waals surface area contributed by atoms with Gasteiger partial charge < -0.3 is 5.11 Å². The smallest absolute Gasteiger partial charge is 0.339 e. The van der Waals surface area contributed by atoms with Crippen LogP contribution in [0.25, 0.3) is 11.3 Å². The average molecular weight is 279 g/mol. The number of hydrogen-bond acceptors (Lipinski definition) is 2. The van der Waals surface area contributed by atoms with Gasteiger partial charge in [0.15, 0.2) is 0 Å². The van der Waals surface area contributed by atoms with Crippen molar-refractivity contribution in [3.05, 3.63) is 41.0 Å². The lowest BCUT2D eigenvalue weighted by atomic mass is 10.1.